The van der Waals surface area contributed by atoms with E-state index in [1.807, 2.05) is 60.7 Å². The van der Waals surface area contributed by atoms with E-state index < -0.39 is 41.0 Å². The van der Waals surface area contributed by atoms with Crippen molar-refractivity contribution in [3.05, 3.63) is 199 Å². The number of hydrogen-bond acceptors (Lipinski definition) is 14. The van der Waals surface area contributed by atoms with Crippen LogP contribution in [0.4, 0.5) is 32.3 Å². The number of aromatic nitrogens is 2. The van der Waals surface area contributed by atoms with Crippen LogP contribution in [0, 0.1) is 27.2 Å². The number of hydrogen-bond donors (Lipinski definition) is 2. The van der Waals surface area contributed by atoms with Gasteiger partial charge in [0, 0.05) is 109 Å². The van der Waals surface area contributed by atoms with Crippen LogP contribution in [0.15, 0.2) is 172 Å². The van der Waals surface area contributed by atoms with Crippen molar-refractivity contribution in [3.63, 3.8) is 0 Å². The van der Waals surface area contributed by atoms with Gasteiger partial charge in [0.05, 0.1) is 34.5 Å². The number of aryl methyl sites for hydroxylation is 1. The predicted molar refractivity (Wildman–Crippen MR) is 339 cm³/mol. The van der Waals surface area contributed by atoms with Crippen molar-refractivity contribution >= 4 is 93.5 Å². The number of halogens is 1. The molecular weight excluding hydrogens is 1230 g/mol. The van der Waals surface area contributed by atoms with Crippen molar-refractivity contribution in [2.24, 2.45) is 0 Å². The van der Waals surface area contributed by atoms with Crippen LogP contribution in [0.1, 0.15) is 65.7 Å². The van der Waals surface area contributed by atoms with Gasteiger partial charge in [0.25, 0.3) is 11.4 Å². The maximum atomic E-state index is 13.7. The first kappa shape index (κ1) is 64.8. The number of rotatable bonds is 15. The molecule has 25 heteroatoms. The molecule has 2 N–H and O–H groups in total. The lowest BCUT2D eigenvalue weighted by molar-refractivity contribution is -0.385. The number of sulfonamides is 2. The Hall–Kier alpha value is -7.78. The molecule has 2 aromatic heterocycles. The second kappa shape index (κ2) is 27.1. The first-order valence-electron chi connectivity index (χ1n) is 26.3. The zero-order valence-electron chi connectivity index (χ0n) is 46.9. The number of non-ortho nitro benzene ring substituents is 2. The lowest BCUT2D eigenvalue weighted by Gasteiger charge is -2.23. The van der Waals surface area contributed by atoms with Crippen LogP contribution < -0.4 is 19.2 Å². The molecule has 8 aromatic rings. The van der Waals surface area contributed by atoms with E-state index in [9.17, 15) is 46.7 Å². The molecule has 446 valence electrons. The first-order chi connectivity index (χ1) is 39.6. The summed E-state index contributed by atoms with van der Waals surface area (Å²) in [6.07, 6.45) is 3.30. The Bertz CT molecular complexity index is 3910. The van der Waals surface area contributed by atoms with Gasteiger partial charge in [-0.1, -0.05) is 80.2 Å². The highest BCUT2D eigenvalue weighted by Gasteiger charge is 2.34. The van der Waals surface area contributed by atoms with Crippen LogP contribution in [-0.2, 0) is 33.1 Å². The zero-order chi connectivity index (χ0) is 60.7. The summed E-state index contributed by atoms with van der Waals surface area (Å²) in [7, 11) is -7.68. The number of benzene rings is 6. The Morgan fingerprint density at radius 1 is 0.565 bits per heavy atom. The van der Waals surface area contributed by atoms with Gasteiger partial charge in [0.1, 0.15) is 10.0 Å². The molecule has 2 aliphatic rings. The Morgan fingerprint density at radius 3 is 1.40 bits per heavy atom. The molecule has 0 radical (unpaired) electrons. The average Bonchev–Trinajstić information content (AvgIpc) is 2.52. The summed E-state index contributed by atoms with van der Waals surface area (Å²) >= 11 is 6.09. The third-order valence-electron chi connectivity index (χ3n) is 12.7. The van der Waals surface area contributed by atoms with E-state index in [4.69, 9.17) is 0 Å². The largest absolute Gasteiger partial charge is 0.324 e. The molecule has 0 aliphatic carbocycles. The van der Waals surface area contributed by atoms with Crippen molar-refractivity contribution in [1.29, 1.82) is 0 Å². The first-order valence-corrected chi connectivity index (χ1v) is 31.6. The molecule has 2 fully saturated rings. The molecule has 0 saturated carbocycles. The van der Waals surface area contributed by atoms with Crippen LogP contribution >= 0.6 is 38.6 Å². The third kappa shape index (κ3) is 16.8. The quantitative estimate of drug-likeness (QED) is 0.0718. The molecule has 20 nitrogen and oxygen atoms in total. The predicted octanol–water partition coefficient (Wildman–Crippen LogP) is 13.5. The van der Waals surface area contributed by atoms with Crippen molar-refractivity contribution in [3.8, 4) is 31.6 Å². The standard InChI is InChI=1S/C29H29N5O5S2.C21H27N3O3S.C9H5BrN2O2S.CH4/c1-29(2,3)31-41(38,39)26-17-23(33-16-15-32(28(33)35)19-20-7-5-4-6-8-20)13-14-24(26)25-18-30-27(40-25)21-9-11-22(12-10-21)34(36)37;1-16-10-11-18(14-19(16)28(26,27)22-21(2,3)4)24-13-12-23(20(24)25)15-17-8-6-5-7-9-17;10-8-5-11-9(15-8)6-1-3-7(4-2-6)12(13)14;/h4-14,17-18,31H,15-16,19H2,1-3H3;5-11,14,22H,12-13,15H2,1-4H3;1-5H;1H4. The fraction of sp³-hybridized carbons (Fsp3) is 0.267. The van der Waals surface area contributed by atoms with Gasteiger partial charge in [-0.2, -0.15) is 0 Å². The van der Waals surface area contributed by atoms with Gasteiger partial charge in [-0.25, -0.2) is 45.8 Å². The molecule has 85 heavy (non-hydrogen) atoms. The second-order valence-electron chi connectivity index (χ2n) is 21.6. The maximum absolute atomic E-state index is 13.7. The SMILES string of the molecule is C.CC(C)(C)NS(=O)(=O)c1cc(N2CCN(Cc3ccccc3)C2=O)ccc1-c1cnc(-c2ccc([N+](=O)[O-])cc2)s1.Cc1ccc(N2CCN(Cc3ccccc3)C2=O)cc1S(=O)(=O)NC(C)(C)C.O=[N+]([O-])c1ccc(-c2ncc(Br)s2)cc1. The molecule has 0 atom stereocenters. The minimum Gasteiger partial charge on any atom is -0.318 e. The van der Waals surface area contributed by atoms with Gasteiger partial charge in [-0.05, 0) is 130 Å². The summed E-state index contributed by atoms with van der Waals surface area (Å²) in [5, 5.41) is 22.9. The highest BCUT2D eigenvalue weighted by molar-refractivity contribution is 9.11. The monoisotopic (exact) mass is 1290 g/mol. The smallest absolute Gasteiger partial charge is 0.318 e. The topological polar surface area (TPSA) is 252 Å². The van der Waals surface area contributed by atoms with Crippen LogP contribution in [-0.4, -0.2) is 95.8 Å². The van der Waals surface area contributed by atoms with Crippen LogP contribution in [0.3, 0.4) is 0 Å². The van der Waals surface area contributed by atoms with Crippen LogP contribution in [0.5, 0.6) is 0 Å². The molecular formula is C60H65BrN10O10S4. The number of carbonyl (C=O) groups excluding carboxylic acids is 2. The highest BCUT2D eigenvalue weighted by Crippen LogP contribution is 2.39. The summed E-state index contributed by atoms with van der Waals surface area (Å²) in [5.74, 6) is 0. The summed E-state index contributed by atoms with van der Waals surface area (Å²) in [6.45, 7) is 15.5. The van der Waals surface area contributed by atoms with Crippen LogP contribution in [0.25, 0.3) is 31.6 Å². The van der Waals surface area contributed by atoms with E-state index in [1.54, 1.807) is 141 Å². The van der Waals surface area contributed by atoms with Gasteiger partial charge in [0.15, 0.2) is 0 Å². The number of thiazole rings is 2. The second-order valence-corrected chi connectivity index (χ2v) is 28.4. The maximum Gasteiger partial charge on any atom is 0.324 e. The van der Waals surface area contributed by atoms with Gasteiger partial charge < -0.3 is 9.80 Å². The minimum absolute atomic E-state index is 0. The number of carbonyl (C=O) groups is 2. The van der Waals surface area contributed by atoms with Gasteiger partial charge >= 0.3 is 12.1 Å². The zero-order valence-corrected chi connectivity index (χ0v) is 51.8. The molecule has 0 spiro atoms. The van der Waals surface area contributed by atoms with Gasteiger partial charge in [-0.3, -0.25) is 30.0 Å². The minimum atomic E-state index is -4.00. The fourth-order valence-corrected chi connectivity index (χ4v) is 14.6. The third-order valence-corrected chi connectivity index (χ3v) is 19.0. The molecule has 0 unspecified atom stereocenters. The lowest BCUT2D eigenvalue weighted by Crippen LogP contribution is -2.40. The van der Waals surface area contributed by atoms with Gasteiger partial charge in [0.2, 0.25) is 20.0 Å². The number of nitrogens with zero attached hydrogens (tertiary/aromatic N) is 8. The van der Waals surface area contributed by atoms with E-state index in [0.29, 0.717) is 77.2 Å². The number of nitro benzene ring substituents is 2. The van der Waals surface area contributed by atoms with E-state index in [0.717, 1.165) is 25.5 Å². The summed E-state index contributed by atoms with van der Waals surface area (Å²) in [6, 6.07) is 41.8. The number of nitrogens with one attached hydrogen (secondary N) is 2. The van der Waals surface area contributed by atoms with E-state index in [2.05, 4.69) is 35.3 Å². The Labute approximate surface area is 511 Å². The van der Waals surface area contributed by atoms with Crippen molar-refractivity contribution in [1.82, 2.24) is 29.2 Å². The van der Waals surface area contributed by atoms with E-state index >= 15 is 0 Å². The Morgan fingerprint density at radius 2 is 0.976 bits per heavy atom. The Balaban J connectivity index is 0.000000202. The molecule has 10 rings (SSSR count). The van der Waals surface area contributed by atoms with Crippen molar-refractivity contribution < 1.29 is 36.3 Å². The van der Waals surface area contributed by atoms with Gasteiger partial charge in [-0.15, -0.1) is 22.7 Å². The summed E-state index contributed by atoms with van der Waals surface area (Å²) < 4.78 is 59.3. The molecule has 6 aromatic carbocycles. The van der Waals surface area contributed by atoms with E-state index in [-0.39, 0.29) is 40.7 Å². The lowest BCUT2D eigenvalue weighted by atomic mass is 10.1. The molecule has 0 bridgehead atoms. The number of nitro groups is 2. The molecule has 4 heterocycles. The highest BCUT2D eigenvalue weighted by atomic mass is 79.9. The van der Waals surface area contributed by atoms with Crippen LogP contribution in [0.2, 0.25) is 0 Å². The summed E-state index contributed by atoms with van der Waals surface area (Å²) in [4.78, 5) is 63.0. The molecule has 4 amide bonds. The molecule has 2 saturated heterocycles. The van der Waals surface area contributed by atoms with Crippen molar-refractivity contribution in [2.45, 2.75) is 89.9 Å². The average molecular weight is 1290 g/mol. The number of amides is 4. The van der Waals surface area contributed by atoms with Crippen molar-refractivity contribution in [2.75, 3.05) is 36.0 Å². The normalized spacial score (nSPS) is 13.6. The summed E-state index contributed by atoms with van der Waals surface area (Å²) in [5.41, 5.74) is 4.58. The molecule has 2 aliphatic heterocycles. The fourth-order valence-electron chi connectivity index (χ4n) is 8.98. The van der Waals surface area contributed by atoms with E-state index in [1.165, 1.54) is 46.9 Å². The number of urea groups is 2. The Kier molecular flexibility index (Phi) is 20.6. The number of anilines is 2.